The van der Waals surface area contributed by atoms with Crippen LogP contribution in [0, 0.1) is 0 Å². The largest absolute Gasteiger partial charge is 0.771 e. The van der Waals surface area contributed by atoms with Crippen molar-refractivity contribution in [1.82, 2.24) is 4.98 Å². The first-order valence-electron chi connectivity index (χ1n) is 8.79. The van der Waals surface area contributed by atoms with E-state index in [4.69, 9.17) is 4.74 Å². The molecule has 0 spiro atoms. The van der Waals surface area contributed by atoms with Crippen molar-refractivity contribution in [3.05, 3.63) is 65.5 Å². The van der Waals surface area contributed by atoms with Crippen molar-refractivity contribution in [3.63, 3.8) is 0 Å². The van der Waals surface area contributed by atoms with Gasteiger partial charge in [0.25, 0.3) is 0 Å². The zero-order valence-electron chi connectivity index (χ0n) is 15.7. The van der Waals surface area contributed by atoms with Crippen LogP contribution in [0.3, 0.4) is 0 Å². The van der Waals surface area contributed by atoms with Crippen molar-refractivity contribution >= 4 is 39.2 Å². The van der Waals surface area contributed by atoms with E-state index in [0.29, 0.717) is 17.2 Å². The van der Waals surface area contributed by atoms with Gasteiger partial charge in [0.2, 0.25) is 0 Å². The number of ether oxygens (including phenoxy) is 1. The SMILES string of the molecule is COC(=O)C(Cc1ccccc1NCS(=O)[O-])Nc1nc(-c2ccccc2)cs1. The lowest BCUT2D eigenvalue weighted by Crippen LogP contribution is -2.33. The number of carbonyl (C=O) groups excluding carboxylic acids is 1. The number of carbonyl (C=O) groups is 1. The van der Waals surface area contributed by atoms with E-state index in [0.717, 1.165) is 16.8 Å². The molecule has 0 fully saturated rings. The maximum atomic E-state index is 12.3. The van der Waals surface area contributed by atoms with E-state index in [-0.39, 0.29) is 5.88 Å². The molecule has 0 bridgehead atoms. The van der Waals surface area contributed by atoms with Crippen LogP contribution in [0.25, 0.3) is 11.3 Å². The molecule has 2 atom stereocenters. The first kappa shape index (κ1) is 21.0. The van der Waals surface area contributed by atoms with Crippen molar-refractivity contribution in [2.75, 3.05) is 23.6 Å². The van der Waals surface area contributed by atoms with Crippen LogP contribution in [0.15, 0.2) is 60.0 Å². The first-order valence-corrected chi connectivity index (χ1v) is 10.9. The summed E-state index contributed by atoms with van der Waals surface area (Å²) in [6.07, 6.45) is 0.307. The van der Waals surface area contributed by atoms with Gasteiger partial charge in [0.15, 0.2) is 5.13 Å². The van der Waals surface area contributed by atoms with Gasteiger partial charge in [0.05, 0.1) is 18.7 Å². The van der Waals surface area contributed by atoms with Crippen LogP contribution in [0.2, 0.25) is 0 Å². The van der Waals surface area contributed by atoms with Gasteiger partial charge in [-0.05, 0) is 22.7 Å². The Morgan fingerprint density at radius 2 is 1.93 bits per heavy atom. The second kappa shape index (κ2) is 10.1. The number of benzene rings is 2. The topological polar surface area (TPSA) is 103 Å². The Labute approximate surface area is 175 Å². The van der Waals surface area contributed by atoms with E-state index < -0.39 is 23.1 Å². The van der Waals surface area contributed by atoms with Crippen LogP contribution < -0.4 is 10.6 Å². The smallest absolute Gasteiger partial charge is 0.328 e. The third-order valence-electron chi connectivity index (χ3n) is 4.18. The van der Waals surface area contributed by atoms with Gasteiger partial charge in [-0.3, -0.25) is 4.21 Å². The fraction of sp³-hybridized carbons (Fsp3) is 0.200. The molecule has 1 heterocycles. The van der Waals surface area contributed by atoms with E-state index in [9.17, 15) is 13.6 Å². The first-order chi connectivity index (χ1) is 14.1. The molecule has 2 N–H and O–H groups in total. The van der Waals surface area contributed by atoms with E-state index in [1.54, 1.807) is 12.1 Å². The summed E-state index contributed by atoms with van der Waals surface area (Å²) in [5.41, 5.74) is 3.26. The molecule has 29 heavy (non-hydrogen) atoms. The van der Waals surface area contributed by atoms with E-state index in [1.807, 2.05) is 47.8 Å². The standard InChI is InChI=1S/C20H21N3O4S2/c1-27-19(24)17(11-15-9-5-6-10-16(15)21-13-29(25)26)22-20-23-18(12-28-20)14-7-3-2-4-8-14/h2-10,12,17,21H,11,13H2,1H3,(H,22,23)(H,25,26)/p-1. The molecule has 2 aromatic carbocycles. The summed E-state index contributed by atoms with van der Waals surface area (Å²) in [7, 11) is 1.33. The van der Waals surface area contributed by atoms with Gasteiger partial charge in [0, 0.05) is 23.1 Å². The number of aromatic nitrogens is 1. The predicted molar refractivity (Wildman–Crippen MR) is 115 cm³/mol. The highest BCUT2D eigenvalue weighted by Gasteiger charge is 2.22. The number of methoxy groups -OCH3 is 1. The van der Waals surface area contributed by atoms with E-state index >= 15 is 0 Å². The van der Waals surface area contributed by atoms with Gasteiger partial charge in [0.1, 0.15) is 6.04 Å². The highest BCUT2D eigenvalue weighted by molar-refractivity contribution is 7.79. The minimum atomic E-state index is -2.22. The highest BCUT2D eigenvalue weighted by atomic mass is 32.2. The zero-order chi connectivity index (χ0) is 20.6. The molecule has 9 heteroatoms. The molecular weight excluding hydrogens is 410 g/mol. The number of esters is 1. The summed E-state index contributed by atoms with van der Waals surface area (Å²) in [5, 5.41) is 8.53. The van der Waals surface area contributed by atoms with Crippen LogP contribution in [0.5, 0.6) is 0 Å². The Balaban J connectivity index is 1.77. The number of thiazole rings is 1. The number of hydrogen-bond acceptors (Lipinski definition) is 8. The van der Waals surface area contributed by atoms with Crippen molar-refractivity contribution in [1.29, 1.82) is 0 Å². The van der Waals surface area contributed by atoms with Crippen LogP contribution >= 0.6 is 11.3 Å². The number of para-hydroxylation sites is 1. The number of anilines is 2. The van der Waals surface area contributed by atoms with Crippen molar-refractivity contribution < 1.29 is 18.3 Å². The molecule has 152 valence electrons. The van der Waals surface area contributed by atoms with Crippen molar-refractivity contribution in [2.45, 2.75) is 12.5 Å². The van der Waals surface area contributed by atoms with Crippen LogP contribution in [0.1, 0.15) is 5.56 Å². The van der Waals surface area contributed by atoms with Gasteiger partial charge in [-0.15, -0.1) is 11.3 Å². The molecule has 0 aliphatic carbocycles. The van der Waals surface area contributed by atoms with Gasteiger partial charge in [-0.25, -0.2) is 9.78 Å². The summed E-state index contributed by atoms with van der Waals surface area (Å²) in [4.78, 5) is 16.9. The third kappa shape index (κ3) is 5.86. The van der Waals surface area contributed by atoms with Crippen LogP contribution in [-0.4, -0.2) is 38.7 Å². The average molecular weight is 431 g/mol. The van der Waals surface area contributed by atoms with Crippen molar-refractivity contribution in [2.24, 2.45) is 0 Å². The molecule has 0 saturated carbocycles. The van der Waals surface area contributed by atoms with Crippen LogP contribution in [-0.2, 0) is 27.0 Å². The molecule has 0 aliphatic heterocycles. The number of nitrogens with zero attached hydrogens (tertiary/aromatic N) is 1. The quantitative estimate of drug-likeness (QED) is 0.397. The fourth-order valence-corrected chi connectivity index (χ4v) is 3.84. The Morgan fingerprint density at radius 3 is 2.66 bits per heavy atom. The second-order valence-corrected chi connectivity index (χ2v) is 7.86. The molecule has 0 radical (unpaired) electrons. The summed E-state index contributed by atoms with van der Waals surface area (Å²) < 4.78 is 26.7. The van der Waals surface area contributed by atoms with Gasteiger partial charge < -0.3 is 19.9 Å². The molecule has 0 saturated heterocycles. The Morgan fingerprint density at radius 1 is 1.21 bits per heavy atom. The van der Waals surface area contributed by atoms with Crippen molar-refractivity contribution in [3.8, 4) is 11.3 Å². The molecule has 0 amide bonds. The molecule has 0 aliphatic rings. The predicted octanol–water partition coefficient (Wildman–Crippen LogP) is 3.25. The van der Waals surface area contributed by atoms with Gasteiger partial charge in [-0.1, -0.05) is 48.5 Å². The number of hydrogen-bond donors (Lipinski definition) is 2. The highest BCUT2D eigenvalue weighted by Crippen LogP contribution is 2.26. The maximum Gasteiger partial charge on any atom is 0.328 e. The van der Waals surface area contributed by atoms with E-state index in [2.05, 4.69) is 15.6 Å². The molecule has 3 aromatic rings. The molecule has 3 rings (SSSR count). The molecule has 7 nitrogen and oxygen atoms in total. The normalized spacial score (nSPS) is 12.8. The minimum absolute atomic E-state index is 0.208. The van der Waals surface area contributed by atoms with E-state index in [1.165, 1.54) is 18.4 Å². The van der Waals surface area contributed by atoms with Crippen LogP contribution in [0.4, 0.5) is 10.8 Å². The Bertz CT molecular complexity index is 979. The summed E-state index contributed by atoms with van der Waals surface area (Å²) in [5.74, 6) is -0.635. The summed E-state index contributed by atoms with van der Waals surface area (Å²) in [6.45, 7) is 0. The monoisotopic (exact) mass is 430 g/mol. The zero-order valence-corrected chi connectivity index (χ0v) is 17.3. The number of rotatable bonds is 9. The summed E-state index contributed by atoms with van der Waals surface area (Å²) >= 11 is -0.819. The third-order valence-corrected chi connectivity index (χ3v) is 5.33. The van der Waals surface area contributed by atoms with Gasteiger partial charge >= 0.3 is 5.97 Å². The average Bonchev–Trinajstić information content (AvgIpc) is 3.21. The number of nitrogens with one attached hydrogen (secondary N) is 2. The summed E-state index contributed by atoms with van der Waals surface area (Å²) in [6, 6.07) is 16.3. The molecular formula is C20H20N3O4S2-. The van der Waals surface area contributed by atoms with Gasteiger partial charge in [-0.2, -0.15) is 0 Å². The lowest BCUT2D eigenvalue weighted by atomic mass is 10.0. The molecule has 1 aromatic heterocycles. The lowest BCUT2D eigenvalue weighted by Gasteiger charge is -2.19. The maximum absolute atomic E-state index is 12.3. The minimum Gasteiger partial charge on any atom is -0.771 e. The second-order valence-electron chi connectivity index (χ2n) is 6.11. The molecule has 2 unspecified atom stereocenters. The Hall–Kier alpha value is -2.75. The Kier molecular flexibility index (Phi) is 7.34. The lowest BCUT2D eigenvalue weighted by molar-refractivity contribution is -0.141. The fourth-order valence-electron chi connectivity index (χ4n) is 2.79.